The number of nitrogens with zero attached hydrogens (tertiary/aromatic N) is 1. The monoisotopic (exact) mass is 416 g/mol. The average Bonchev–Trinajstić information content (AvgIpc) is 2.77. The van der Waals surface area contributed by atoms with E-state index in [1.807, 2.05) is 0 Å². The van der Waals surface area contributed by atoms with Crippen LogP contribution in [0.3, 0.4) is 0 Å². The van der Waals surface area contributed by atoms with Gasteiger partial charge in [-0.3, -0.25) is 4.90 Å². The molecule has 0 saturated carbocycles. The van der Waals surface area contributed by atoms with Gasteiger partial charge >= 0.3 is 18.2 Å². The number of carbonyl (C=O) groups excluding carboxylic acids is 3. The van der Waals surface area contributed by atoms with Gasteiger partial charge in [-0.25, -0.2) is 14.4 Å². The molecule has 168 valence electrons. The summed E-state index contributed by atoms with van der Waals surface area (Å²) in [6, 6.07) is -1.50. The van der Waals surface area contributed by atoms with Crippen molar-refractivity contribution in [2.45, 2.75) is 97.7 Å². The highest BCUT2D eigenvalue weighted by atomic mass is 16.6. The molecule has 9 nitrogen and oxygen atoms in total. The minimum absolute atomic E-state index is 0.0980. The van der Waals surface area contributed by atoms with Gasteiger partial charge in [0.25, 0.3) is 0 Å². The fourth-order valence-electron chi connectivity index (χ4n) is 2.92. The minimum Gasteiger partial charge on any atom is -0.464 e. The molecule has 1 aliphatic rings. The second kappa shape index (κ2) is 9.19. The number of esters is 1. The van der Waals surface area contributed by atoms with Crippen molar-refractivity contribution < 1.29 is 33.3 Å². The van der Waals surface area contributed by atoms with Gasteiger partial charge in [-0.2, -0.15) is 0 Å². The van der Waals surface area contributed by atoms with Crippen LogP contribution < -0.4 is 5.32 Å². The predicted molar refractivity (Wildman–Crippen MR) is 106 cm³/mol. The number of hydrogen-bond acceptors (Lipinski definition) is 7. The Morgan fingerprint density at radius 1 is 1.10 bits per heavy atom. The summed E-state index contributed by atoms with van der Waals surface area (Å²) >= 11 is 0. The molecule has 0 radical (unpaired) electrons. The molecule has 1 N–H and O–H groups in total. The van der Waals surface area contributed by atoms with E-state index in [4.69, 9.17) is 18.9 Å². The van der Waals surface area contributed by atoms with E-state index in [2.05, 4.69) is 5.32 Å². The number of hydrogen-bond donors (Lipinski definition) is 1. The third-order valence-electron chi connectivity index (χ3n) is 3.93. The first-order valence-corrected chi connectivity index (χ1v) is 9.88. The molecule has 0 aromatic carbocycles. The number of nitrogens with one attached hydrogen (secondary N) is 1. The van der Waals surface area contributed by atoms with Crippen molar-refractivity contribution in [3.63, 3.8) is 0 Å². The van der Waals surface area contributed by atoms with Gasteiger partial charge in [0.15, 0.2) is 0 Å². The maximum absolute atomic E-state index is 12.8. The SMILES string of the molecule is CCOC(=O)C(C[C@@H]1COC(C)(C)N1C(=O)OC(C)(C)C)NC(=O)OC(C)(C)C. The predicted octanol–water partition coefficient (Wildman–Crippen LogP) is 3.20. The number of amides is 2. The summed E-state index contributed by atoms with van der Waals surface area (Å²) in [4.78, 5) is 38.9. The van der Waals surface area contributed by atoms with Crippen molar-refractivity contribution in [3.8, 4) is 0 Å². The van der Waals surface area contributed by atoms with Crippen LogP contribution in [0.25, 0.3) is 0 Å². The topological polar surface area (TPSA) is 103 Å². The van der Waals surface area contributed by atoms with Crippen LogP contribution in [0.4, 0.5) is 9.59 Å². The zero-order chi connectivity index (χ0) is 22.6. The van der Waals surface area contributed by atoms with Gasteiger partial charge in [-0.15, -0.1) is 0 Å². The lowest BCUT2D eigenvalue weighted by molar-refractivity contribution is -0.146. The molecule has 1 heterocycles. The molecular formula is C20H36N2O7. The van der Waals surface area contributed by atoms with Crippen molar-refractivity contribution in [1.82, 2.24) is 10.2 Å². The molecule has 0 bridgehead atoms. The van der Waals surface area contributed by atoms with Crippen LogP contribution in [0.15, 0.2) is 0 Å². The number of alkyl carbamates (subject to hydrolysis) is 1. The summed E-state index contributed by atoms with van der Waals surface area (Å²) in [5.74, 6) is -0.604. The van der Waals surface area contributed by atoms with E-state index in [1.54, 1.807) is 62.3 Å². The molecular weight excluding hydrogens is 380 g/mol. The zero-order valence-corrected chi connectivity index (χ0v) is 19.1. The fraction of sp³-hybridized carbons (Fsp3) is 0.850. The zero-order valence-electron chi connectivity index (χ0n) is 19.1. The average molecular weight is 417 g/mol. The second-order valence-electron chi connectivity index (χ2n) is 9.45. The summed E-state index contributed by atoms with van der Waals surface area (Å²) in [5, 5.41) is 2.55. The maximum atomic E-state index is 12.8. The first kappa shape index (κ1) is 25.0. The van der Waals surface area contributed by atoms with Crippen molar-refractivity contribution in [3.05, 3.63) is 0 Å². The first-order valence-electron chi connectivity index (χ1n) is 9.88. The quantitative estimate of drug-likeness (QED) is 0.542. The Labute approximate surface area is 173 Å². The molecule has 0 aromatic rings. The van der Waals surface area contributed by atoms with Crippen LogP contribution in [-0.2, 0) is 23.7 Å². The molecule has 2 amide bonds. The van der Waals surface area contributed by atoms with Gasteiger partial charge < -0.3 is 24.3 Å². The van der Waals surface area contributed by atoms with Gasteiger partial charge in [-0.1, -0.05) is 0 Å². The van der Waals surface area contributed by atoms with Gasteiger partial charge in [0, 0.05) is 6.42 Å². The van der Waals surface area contributed by atoms with E-state index in [9.17, 15) is 14.4 Å². The highest BCUT2D eigenvalue weighted by Crippen LogP contribution is 2.31. The molecule has 29 heavy (non-hydrogen) atoms. The lowest BCUT2D eigenvalue weighted by Crippen LogP contribution is -2.53. The Hall–Kier alpha value is -2.03. The molecule has 0 aliphatic carbocycles. The van der Waals surface area contributed by atoms with Crippen molar-refractivity contribution in [2.75, 3.05) is 13.2 Å². The Bertz CT molecular complexity index is 605. The molecule has 1 aliphatic heterocycles. The van der Waals surface area contributed by atoms with Gasteiger partial charge in [0.2, 0.25) is 0 Å². The highest BCUT2D eigenvalue weighted by Gasteiger charge is 2.47. The summed E-state index contributed by atoms with van der Waals surface area (Å²) in [7, 11) is 0. The van der Waals surface area contributed by atoms with Gasteiger partial charge in [0.05, 0.1) is 19.3 Å². The highest BCUT2D eigenvalue weighted by molar-refractivity contribution is 5.81. The molecule has 2 atom stereocenters. The Kier molecular flexibility index (Phi) is 7.93. The van der Waals surface area contributed by atoms with Crippen LogP contribution in [-0.4, -0.2) is 65.3 Å². The number of rotatable bonds is 5. The number of carbonyl (C=O) groups is 3. The van der Waals surface area contributed by atoms with Crippen LogP contribution in [0.2, 0.25) is 0 Å². The molecule has 0 spiro atoms. The van der Waals surface area contributed by atoms with E-state index < -0.39 is 47.2 Å². The standard InChI is InChI=1S/C20H36N2O7/c1-10-26-15(23)14(21-16(24)28-18(2,3)4)11-13-12-27-20(8,9)22(13)17(25)29-19(5,6)7/h13-14H,10-12H2,1-9H3,(H,21,24)/t13-,14?/m1/s1. The smallest absolute Gasteiger partial charge is 0.412 e. The van der Waals surface area contributed by atoms with E-state index in [1.165, 1.54) is 4.90 Å². The first-order chi connectivity index (χ1) is 13.1. The van der Waals surface area contributed by atoms with E-state index in [-0.39, 0.29) is 19.6 Å². The molecule has 9 heteroatoms. The van der Waals surface area contributed by atoms with Crippen molar-refractivity contribution in [2.24, 2.45) is 0 Å². The summed E-state index contributed by atoms with van der Waals surface area (Å²) < 4.78 is 21.6. The Morgan fingerprint density at radius 3 is 2.14 bits per heavy atom. The fourth-order valence-corrected chi connectivity index (χ4v) is 2.92. The van der Waals surface area contributed by atoms with Crippen LogP contribution in [0.1, 0.15) is 68.7 Å². The maximum Gasteiger partial charge on any atom is 0.412 e. The largest absolute Gasteiger partial charge is 0.464 e. The van der Waals surface area contributed by atoms with Crippen molar-refractivity contribution in [1.29, 1.82) is 0 Å². The van der Waals surface area contributed by atoms with Crippen LogP contribution >= 0.6 is 0 Å². The normalized spacial score (nSPS) is 20.0. The molecule has 0 aromatic heterocycles. The molecule has 1 rings (SSSR count). The second-order valence-corrected chi connectivity index (χ2v) is 9.45. The molecule has 1 unspecified atom stereocenters. The van der Waals surface area contributed by atoms with Gasteiger partial charge in [-0.05, 0) is 62.3 Å². The minimum atomic E-state index is -1.00. The lowest BCUT2D eigenvalue weighted by atomic mass is 10.1. The number of ether oxygens (including phenoxy) is 4. The molecule has 1 fully saturated rings. The Morgan fingerprint density at radius 2 is 1.66 bits per heavy atom. The van der Waals surface area contributed by atoms with Crippen LogP contribution in [0, 0.1) is 0 Å². The Balaban J connectivity index is 3.01. The van der Waals surface area contributed by atoms with Crippen molar-refractivity contribution >= 4 is 18.2 Å². The summed E-state index contributed by atoms with van der Waals surface area (Å²) in [6.07, 6.45) is -1.19. The van der Waals surface area contributed by atoms with E-state index in [0.717, 1.165) is 0 Å². The van der Waals surface area contributed by atoms with E-state index in [0.29, 0.717) is 0 Å². The summed E-state index contributed by atoms with van der Waals surface area (Å²) in [6.45, 7) is 16.0. The summed E-state index contributed by atoms with van der Waals surface area (Å²) in [5.41, 5.74) is -2.32. The van der Waals surface area contributed by atoms with Crippen LogP contribution in [0.5, 0.6) is 0 Å². The molecule has 1 saturated heterocycles. The third kappa shape index (κ3) is 8.08. The third-order valence-corrected chi connectivity index (χ3v) is 3.93. The van der Waals surface area contributed by atoms with E-state index >= 15 is 0 Å². The van der Waals surface area contributed by atoms with Gasteiger partial charge in [0.1, 0.15) is 23.0 Å². The lowest BCUT2D eigenvalue weighted by Gasteiger charge is -2.36.